The maximum absolute atomic E-state index is 11.3. The minimum Gasteiger partial charge on any atom is -0.372 e. The Hall–Kier alpha value is -1.46. The Morgan fingerprint density at radius 3 is 2.78 bits per heavy atom. The molecule has 1 amide bonds. The highest BCUT2D eigenvalue weighted by Crippen LogP contribution is 2.10. The van der Waals surface area contributed by atoms with E-state index in [2.05, 4.69) is 24.3 Å². The monoisotopic (exact) mass is 251 g/mol. The molecule has 18 heavy (non-hydrogen) atoms. The molecule has 0 aliphatic rings. The van der Waals surface area contributed by atoms with Crippen molar-refractivity contribution in [3.05, 3.63) is 29.6 Å². The fraction of sp³-hybridized carbons (Fsp3) is 0.538. The lowest BCUT2D eigenvalue weighted by molar-refractivity contribution is 0.0378. The van der Waals surface area contributed by atoms with Gasteiger partial charge in [-0.1, -0.05) is 19.9 Å². The third kappa shape index (κ3) is 4.81. The molecule has 0 aromatic carbocycles. The van der Waals surface area contributed by atoms with E-state index in [0.29, 0.717) is 18.2 Å². The molecule has 5 nitrogen and oxygen atoms in total. The molecule has 0 radical (unpaired) electrons. The SMILES string of the molecule is CC(C)CC(C)OCc1cccc(C(=O)NN)n1. The molecule has 0 aliphatic heterocycles. The number of rotatable bonds is 6. The molecule has 1 heterocycles. The number of hydrogen-bond acceptors (Lipinski definition) is 4. The van der Waals surface area contributed by atoms with Crippen molar-refractivity contribution in [3.63, 3.8) is 0 Å². The summed E-state index contributed by atoms with van der Waals surface area (Å²) in [5.41, 5.74) is 3.09. The topological polar surface area (TPSA) is 77.2 Å². The molecule has 5 heteroatoms. The van der Waals surface area contributed by atoms with E-state index in [1.807, 2.05) is 13.0 Å². The van der Waals surface area contributed by atoms with Gasteiger partial charge in [-0.05, 0) is 31.4 Å². The second kappa shape index (κ2) is 7.08. The van der Waals surface area contributed by atoms with Crippen LogP contribution in [-0.4, -0.2) is 17.0 Å². The van der Waals surface area contributed by atoms with Gasteiger partial charge >= 0.3 is 0 Å². The first-order valence-corrected chi connectivity index (χ1v) is 6.11. The molecular formula is C13H21N3O2. The summed E-state index contributed by atoms with van der Waals surface area (Å²) in [6.07, 6.45) is 1.18. The van der Waals surface area contributed by atoms with Crippen molar-refractivity contribution in [1.82, 2.24) is 10.4 Å². The van der Waals surface area contributed by atoms with E-state index in [0.717, 1.165) is 12.1 Å². The number of nitrogen functional groups attached to an aromatic ring is 1. The van der Waals surface area contributed by atoms with Gasteiger partial charge in [0.25, 0.3) is 5.91 Å². The average Bonchev–Trinajstić information content (AvgIpc) is 2.35. The molecule has 0 bridgehead atoms. The number of nitrogens with two attached hydrogens (primary N) is 1. The molecule has 1 unspecified atom stereocenters. The fourth-order valence-corrected chi connectivity index (χ4v) is 1.72. The number of aromatic nitrogens is 1. The molecule has 100 valence electrons. The maximum Gasteiger partial charge on any atom is 0.283 e. The van der Waals surface area contributed by atoms with E-state index >= 15 is 0 Å². The number of carbonyl (C=O) groups is 1. The normalized spacial score (nSPS) is 12.5. The van der Waals surface area contributed by atoms with Crippen molar-refractivity contribution in [2.24, 2.45) is 11.8 Å². The van der Waals surface area contributed by atoms with E-state index in [1.165, 1.54) is 0 Å². The summed E-state index contributed by atoms with van der Waals surface area (Å²) >= 11 is 0. The Balaban J connectivity index is 2.55. The lowest BCUT2D eigenvalue weighted by Crippen LogP contribution is -2.30. The van der Waals surface area contributed by atoms with E-state index in [9.17, 15) is 4.79 Å². The van der Waals surface area contributed by atoms with Crippen molar-refractivity contribution in [3.8, 4) is 0 Å². The van der Waals surface area contributed by atoms with Gasteiger partial charge in [0.2, 0.25) is 0 Å². The van der Waals surface area contributed by atoms with Gasteiger partial charge in [0.15, 0.2) is 0 Å². The second-order valence-corrected chi connectivity index (χ2v) is 4.74. The van der Waals surface area contributed by atoms with Crippen LogP contribution in [0.2, 0.25) is 0 Å². The number of hydrogen-bond donors (Lipinski definition) is 2. The Kier molecular flexibility index (Phi) is 5.74. The summed E-state index contributed by atoms with van der Waals surface area (Å²) in [6, 6.07) is 5.21. The van der Waals surface area contributed by atoms with Crippen LogP contribution >= 0.6 is 0 Å². The van der Waals surface area contributed by atoms with E-state index in [-0.39, 0.29) is 6.10 Å². The number of nitrogens with one attached hydrogen (secondary N) is 1. The summed E-state index contributed by atoms with van der Waals surface area (Å²) in [5, 5.41) is 0. The molecule has 1 rings (SSSR count). The van der Waals surface area contributed by atoms with Crippen LogP contribution in [0.3, 0.4) is 0 Å². The van der Waals surface area contributed by atoms with Crippen LogP contribution in [0.15, 0.2) is 18.2 Å². The van der Waals surface area contributed by atoms with Gasteiger partial charge in [-0.3, -0.25) is 10.2 Å². The van der Waals surface area contributed by atoms with Crippen molar-refractivity contribution >= 4 is 5.91 Å². The largest absolute Gasteiger partial charge is 0.372 e. The van der Waals surface area contributed by atoms with Gasteiger partial charge in [-0.2, -0.15) is 0 Å². The van der Waals surface area contributed by atoms with Crippen molar-refractivity contribution in [1.29, 1.82) is 0 Å². The summed E-state index contributed by atoms with van der Waals surface area (Å²) < 4.78 is 5.68. The van der Waals surface area contributed by atoms with Gasteiger partial charge in [-0.25, -0.2) is 10.8 Å². The van der Waals surface area contributed by atoms with E-state index < -0.39 is 5.91 Å². The number of amides is 1. The van der Waals surface area contributed by atoms with Crippen LogP contribution in [0.5, 0.6) is 0 Å². The predicted molar refractivity (Wildman–Crippen MR) is 69.6 cm³/mol. The Bertz CT molecular complexity index is 394. The quantitative estimate of drug-likeness (QED) is 0.458. The Labute approximate surface area is 108 Å². The summed E-state index contributed by atoms with van der Waals surface area (Å²) in [5.74, 6) is 5.26. The molecule has 0 aliphatic carbocycles. The number of pyridine rings is 1. The second-order valence-electron chi connectivity index (χ2n) is 4.74. The molecule has 1 aromatic rings. The predicted octanol–water partition coefficient (Wildman–Crippen LogP) is 1.64. The van der Waals surface area contributed by atoms with Gasteiger partial charge < -0.3 is 4.74 Å². The number of ether oxygens (including phenoxy) is 1. The highest BCUT2D eigenvalue weighted by atomic mass is 16.5. The van der Waals surface area contributed by atoms with E-state index in [1.54, 1.807) is 12.1 Å². The minimum absolute atomic E-state index is 0.179. The molecule has 3 N–H and O–H groups in total. The molecule has 0 spiro atoms. The van der Waals surface area contributed by atoms with Gasteiger partial charge in [0.1, 0.15) is 5.69 Å². The minimum atomic E-state index is -0.396. The smallest absolute Gasteiger partial charge is 0.283 e. The zero-order valence-corrected chi connectivity index (χ0v) is 11.1. The fourth-order valence-electron chi connectivity index (χ4n) is 1.72. The van der Waals surface area contributed by atoms with Gasteiger partial charge in [-0.15, -0.1) is 0 Å². The van der Waals surface area contributed by atoms with Crippen LogP contribution in [-0.2, 0) is 11.3 Å². The summed E-state index contributed by atoms with van der Waals surface area (Å²) in [4.78, 5) is 15.5. The first-order valence-electron chi connectivity index (χ1n) is 6.11. The van der Waals surface area contributed by atoms with Gasteiger partial charge in [0, 0.05) is 0 Å². The standard InChI is InChI=1S/C13H21N3O2/c1-9(2)7-10(3)18-8-11-5-4-6-12(15-11)13(17)16-14/h4-6,9-10H,7-8,14H2,1-3H3,(H,16,17). The molecule has 1 aromatic heterocycles. The highest BCUT2D eigenvalue weighted by Gasteiger charge is 2.08. The van der Waals surface area contributed by atoms with Crippen LogP contribution in [0.25, 0.3) is 0 Å². The molecule has 0 fully saturated rings. The zero-order chi connectivity index (χ0) is 13.5. The third-order valence-corrected chi connectivity index (χ3v) is 2.49. The molecule has 0 saturated heterocycles. The summed E-state index contributed by atoms with van der Waals surface area (Å²) in [6.45, 7) is 6.75. The maximum atomic E-state index is 11.3. The Morgan fingerprint density at radius 2 is 2.17 bits per heavy atom. The first kappa shape index (κ1) is 14.6. The molecular weight excluding hydrogens is 230 g/mol. The Morgan fingerprint density at radius 1 is 1.44 bits per heavy atom. The van der Waals surface area contributed by atoms with Gasteiger partial charge in [0.05, 0.1) is 18.4 Å². The average molecular weight is 251 g/mol. The van der Waals surface area contributed by atoms with E-state index in [4.69, 9.17) is 10.6 Å². The lowest BCUT2D eigenvalue weighted by Gasteiger charge is -2.14. The van der Waals surface area contributed by atoms with Crippen LogP contribution in [0.4, 0.5) is 0 Å². The highest BCUT2D eigenvalue weighted by molar-refractivity contribution is 5.91. The number of nitrogens with zero attached hydrogens (tertiary/aromatic N) is 1. The van der Waals surface area contributed by atoms with Crippen LogP contribution in [0, 0.1) is 5.92 Å². The number of hydrazine groups is 1. The zero-order valence-electron chi connectivity index (χ0n) is 11.1. The third-order valence-electron chi connectivity index (χ3n) is 2.49. The van der Waals surface area contributed by atoms with Crippen LogP contribution < -0.4 is 11.3 Å². The lowest BCUT2D eigenvalue weighted by atomic mass is 10.1. The molecule has 0 saturated carbocycles. The van der Waals surface area contributed by atoms with Crippen LogP contribution in [0.1, 0.15) is 43.4 Å². The number of carbonyl (C=O) groups excluding carboxylic acids is 1. The van der Waals surface area contributed by atoms with Crippen molar-refractivity contribution in [2.75, 3.05) is 0 Å². The molecule has 1 atom stereocenters. The van der Waals surface area contributed by atoms with Crippen molar-refractivity contribution < 1.29 is 9.53 Å². The van der Waals surface area contributed by atoms with Crippen molar-refractivity contribution in [2.45, 2.75) is 39.9 Å². The summed E-state index contributed by atoms with van der Waals surface area (Å²) in [7, 11) is 0. The first-order chi connectivity index (χ1) is 8.52.